The molecule has 200 valence electrons. The monoisotopic (exact) mass is 532 g/mol. The zero-order valence-electron chi connectivity index (χ0n) is 16.6. The highest BCUT2D eigenvalue weighted by atomic mass is 31.2. The van der Waals surface area contributed by atoms with Crippen molar-refractivity contribution >= 4 is 15.6 Å². The average molecular weight is 532 g/mol. The Hall–Kier alpha value is -0.180. The number of aliphatic hydroxyl groups excluding tert-OH is 10. The van der Waals surface area contributed by atoms with Crippen LogP contribution >= 0.6 is 15.6 Å². The largest absolute Gasteiger partial charge is 0.790 e. The van der Waals surface area contributed by atoms with Gasteiger partial charge in [-0.15, -0.1) is 0 Å². The third kappa shape index (κ3) is 43.7. The molecule has 32 heavy (non-hydrogen) atoms. The summed E-state index contributed by atoms with van der Waals surface area (Å²) in [7, 11) is -10.0. The third-order valence-corrected chi connectivity index (χ3v) is 3.05. The van der Waals surface area contributed by atoms with Crippen LogP contribution in [0.3, 0.4) is 0 Å². The predicted octanol–water partition coefficient (Wildman–Crippen LogP) is -8.97. The molecule has 0 amide bonds. The first-order chi connectivity index (χ1) is 14.5. The Morgan fingerprint density at radius 3 is 0.781 bits per heavy atom. The van der Waals surface area contributed by atoms with Gasteiger partial charge in [0.05, 0.1) is 68.5 Å². The molecule has 0 rings (SSSR count). The van der Waals surface area contributed by atoms with Gasteiger partial charge >= 0.3 is 0 Å². The Kier molecular flexibility index (Phi) is 29.2. The van der Waals surface area contributed by atoms with Crippen molar-refractivity contribution in [2.45, 2.75) is 24.4 Å². The molecule has 0 aromatic heterocycles. The van der Waals surface area contributed by atoms with Gasteiger partial charge in [0.25, 0.3) is 0 Å². The molecule has 0 saturated carbocycles. The molecule has 0 radical (unpaired) electrons. The number of rotatable bonds is 12. The first kappa shape index (κ1) is 39.1. The molecule has 0 saturated heterocycles. The van der Waals surface area contributed by atoms with E-state index in [1.807, 2.05) is 0 Å². The second-order valence-corrected chi connectivity index (χ2v) is 7.50. The lowest BCUT2D eigenvalue weighted by molar-refractivity contribution is -0.344. The zero-order valence-corrected chi connectivity index (χ0v) is 18.4. The Morgan fingerprint density at radius 1 is 0.500 bits per heavy atom. The van der Waals surface area contributed by atoms with Gasteiger partial charge in [-0.3, -0.25) is 0 Å². The van der Waals surface area contributed by atoms with Crippen LogP contribution in [-0.2, 0) is 18.2 Å². The number of hydrogen-bond acceptors (Lipinski definition) is 18. The van der Waals surface area contributed by atoms with Crippen molar-refractivity contribution in [3.8, 4) is 0 Å². The van der Waals surface area contributed by atoms with Crippen LogP contribution in [-0.4, -0.2) is 128 Å². The molecule has 0 aromatic carbocycles. The summed E-state index contributed by atoms with van der Waals surface area (Å²) in [5, 5.41) is 81.1. The summed E-state index contributed by atoms with van der Waals surface area (Å²) in [6.45, 7) is -4.12. The van der Waals surface area contributed by atoms with E-state index in [2.05, 4.69) is 9.05 Å². The SMILES string of the molecule is O=P([O-])([O-])OC[13C@H](O)[13CH2]O.O=P([O-])([O-])O[13CH2][13C@H](O)CO.OC[13C@@H](O)[13CH2]O.OC[13C@H](O)[13CH2]O. The number of aliphatic hydroxyl groups is 10. The quantitative estimate of drug-likeness (QED) is 0.0823. The molecule has 0 aliphatic rings. The molecule has 0 aliphatic carbocycles. The van der Waals surface area contributed by atoms with Crippen LogP contribution < -0.4 is 19.6 Å². The topological polar surface area (TPSA) is 347 Å². The third-order valence-electron chi connectivity index (χ3n) is 2.11. The van der Waals surface area contributed by atoms with E-state index in [-0.39, 0.29) is 26.4 Å². The fraction of sp³-hybridized carbons (Fsp3) is 1.00. The van der Waals surface area contributed by atoms with Gasteiger partial charge in [0.2, 0.25) is 0 Å². The molecule has 4 atom stereocenters. The number of phosphoric ester groups is 2. The first-order valence-corrected chi connectivity index (χ1v) is 11.2. The lowest BCUT2D eigenvalue weighted by Gasteiger charge is -2.29. The number of hydrogen-bond donors (Lipinski definition) is 10. The van der Waals surface area contributed by atoms with Crippen LogP contribution in [0.15, 0.2) is 0 Å². The second kappa shape index (κ2) is 24.0. The van der Waals surface area contributed by atoms with Crippen LogP contribution in [0.5, 0.6) is 0 Å². The van der Waals surface area contributed by atoms with Crippen LogP contribution in [0.4, 0.5) is 0 Å². The Morgan fingerprint density at radius 2 is 0.688 bits per heavy atom. The fourth-order valence-electron chi connectivity index (χ4n) is 0.576. The van der Waals surface area contributed by atoms with Crippen molar-refractivity contribution in [2.24, 2.45) is 0 Å². The summed E-state index contributed by atoms with van der Waals surface area (Å²) in [6, 6.07) is 0. The Bertz CT molecular complexity index is 419. The maximum Gasteiger partial charge on any atom is 0.101 e. The lowest BCUT2D eigenvalue weighted by Crippen LogP contribution is -2.24. The molecule has 0 aromatic rings. The van der Waals surface area contributed by atoms with Crippen LogP contribution in [0.1, 0.15) is 0 Å². The normalized spacial score (nSPS) is 14.9. The summed E-state index contributed by atoms with van der Waals surface area (Å²) in [5.74, 6) is 0. The molecular formula is C12H30O18P2-4. The molecule has 0 aliphatic heterocycles. The van der Waals surface area contributed by atoms with Crippen molar-refractivity contribution < 1.29 is 88.8 Å². The maximum atomic E-state index is 9.71. The van der Waals surface area contributed by atoms with Crippen LogP contribution in [0, 0.1) is 0 Å². The highest BCUT2D eigenvalue weighted by Gasteiger charge is 2.02. The van der Waals surface area contributed by atoms with Crippen molar-refractivity contribution in [1.29, 1.82) is 0 Å². The highest BCUT2D eigenvalue weighted by Crippen LogP contribution is 2.24. The van der Waals surface area contributed by atoms with E-state index in [9.17, 15) is 28.7 Å². The highest BCUT2D eigenvalue weighted by molar-refractivity contribution is 7.43. The molecule has 0 unspecified atom stereocenters. The van der Waals surface area contributed by atoms with Crippen LogP contribution in [0.25, 0.3) is 0 Å². The molecule has 0 heterocycles. The van der Waals surface area contributed by atoms with Gasteiger partial charge in [0.1, 0.15) is 24.4 Å². The van der Waals surface area contributed by atoms with Gasteiger partial charge in [-0.25, -0.2) is 0 Å². The van der Waals surface area contributed by atoms with Gasteiger partial charge < -0.3 is 88.8 Å². The van der Waals surface area contributed by atoms with Gasteiger partial charge in [0, 0.05) is 0 Å². The van der Waals surface area contributed by atoms with E-state index in [0.29, 0.717) is 0 Å². The molecule has 0 bridgehead atoms. The maximum absolute atomic E-state index is 9.71. The van der Waals surface area contributed by atoms with Crippen molar-refractivity contribution in [3.05, 3.63) is 0 Å². The number of phosphoric acid groups is 2. The van der Waals surface area contributed by atoms with E-state index in [0.717, 1.165) is 0 Å². The van der Waals surface area contributed by atoms with Gasteiger partial charge in [-0.1, -0.05) is 0 Å². The van der Waals surface area contributed by atoms with E-state index in [4.69, 9.17) is 51.1 Å². The van der Waals surface area contributed by atoms with Gasteiger partial charge in [-0.2, -0.15) is 0 Å². The minimum absolute atomic E-state index is 0.365. The van der Waals surface area contributed by atoms with Gasteiger partial charge in [0.15, 0.2) is 0 Å². The lowest BCUT2D eigenvalue weighted by atomic mass is 11.0. The predicted molar refractivity (Wildman–Crippen MR) is 93.7 cm³/mol. The second-order valence-electron chi connectivity index (χ2n) is 5.20. The standard InChI is InChI=1S/2C3H9O6P.2C3H8O3/c2*4-1-3(5)2-9-10(6,7)8;2*4-1-3(6)2-5/h2*3-5H,1-2H2,(H2,6,7,8);2*3-6H,1-2H2/p-4/t2*3-;;/m11../s1/i2+1,3+1;3*1+1,3+1/t2m;2*3-/m1110/s1. The van der Waals surface area contributed by atoms with Crippen molar-refractivity contribution in [2.75, 3.05) is 52.9 Å². The van der Waals surface area contributed by atoms with E-state index >= 15 is 0 Å². The molecule has 0 fully saturated rings. The molecule has 18 nitrogen and oxygen atoms in total. The van der Waals surface area contributed by atoms with Crippen molar-refractivity contribution in [1.82, 2.24) is 0 Å². The molecule has 20 heteroatoms. The Labute approximate surface area is 182 Å². The molecule has 0 spiro atoms. The summed E-state index contributed by atoms with van der Waals surface area (Å²) in [5.41, 5.74) is 0. The zero-order chi connectivity index (χ0) is 26.4. The van der Waals surface area contributed by atoms with E-state index in [1.54, 1.807) is 0 Å². The van der Waals surface area contributed by atoms with Crippen LogP contribution in [0.2, 0.25) is 0 Å². The summed E-state index contributed by atoms with van der Waals surface area (Å²) in [6.07, 6.45) is -4.55. The summed E-state index contributed by atoms with van der Waals surface area (Å²) in [4.78, 5) is 38.8. The Balaban J connectivity index is -0.000000168. The first-order valence-electron chi connectivity index (χ1n) is 8.23. The average Bonchev–Trinajstić information content (AvgIpc) is 2.74. The fourth-order valence-corrected chi connectivity index (χ4v) is 1.28. The minimum Gasteiger partial charge on any atom is -0.790 e. The molecule has 10 N–H and O–H groups in total. The summed E-state index contributed by atoms with van der Waals surface area (Å²) < 4.78 is 26.7. The van der Waals surface area contributed by atoms with Gasteiger partial charge in [-0.05, 0) is 0 Å². The van der Waals surface area contributed by atoms with E-state index in [1.165, 1.54) is 0 Å². The summed E-state index contributed by atoms with van der Waals surface area (Å²) >= 11 is 0. The van der Waals surface area contributed by atoms with Crippen molar-refractivity contribution in [3.63, 3.8) is 0 Å². The molecular weight excluding hydrogens is 502 g/mol. The minimum atomic E-state index is -5.00. The van der Waals surface area contributed by atoms with E-state index < -0.39 is 66.5 Å². The smallest absolute Gasteiger partial charge is 0.101 e.